The molecule has 1 aromatic rings. The van der Waals surface area contributed by atoms with Crippen LogP contribution in [0.2, 0.25) is 0 Å². The van der Waals surface area contributed by atoms with Crippen LogP contribution in [0.15, 0.2) is 24.5 Å². The number of hydrogen-bond donors (Lipinski definition) is 1. The zero-order chi connectivity index (χ0) is 11.5. The number of rotatable bonds is 3. The second-order valence-electron chi connectivity index (χ2n) is 4.82. The molecule has 0 amide bonds. The molecule has 0 saturated carbocycles. The lowest BCUT2D eigenvalue weighted by atomic mass is 9.77. The number of nitrogens with zero attached hydrogens (tertiary/aromatic N) is 1. The van der Waals surface area contributed by atoms with Gasteiger partial charge in [-0.25, -0.2) is 0 Å². The summed E-state index contributed by atoms with van der Waals surface area (Å²) in [5.41, 5.74) is 0.794. The zero-order valence-corrected chi connectivity index (χ0v) is 9.40. The first-order chi connectivity index (χ1) is 6.91. The highest BCUT2D eigenvalue weighted by Crippen LogP contribution is 2.29. The molecule has 0 aromatic carbocycles. The van der Waals surface area contributed by atoms with Crippen LogP contribution in [0.1, 0.15) is 26.3 Å². The highest BCUT2D eigenvalue weighted by atomic mass is 16.4. The highest BCUT2D eigenvalue weighted by molar-refractivity contribution is 5.71. The second kappa shape index (κ2) is 4.43. The maximum absolute atomic E-state index is 11.1. The molecule has 1 rings (SSSR count). The monoisotopic (exact) mass is 207 g/mol. The molecule has 0 radical (unpaired) electrons. The summed E-state index contributed by atoms with van der Waals surface area (Å²) in [7, 11) is 0. The minimum Gasteiger partial charge on any atom is -0.481 e. The van der Waals surface area contributed by atoms with Crippen LogP contribution in [0.5, 0.6) is 0 Å². The third-order valence-electron chi connectivity index (χ3n) is 2.53. The fraction of sp³-hybridized carbons (Fsp3) is 0.500. The quantitative estimate of drug-likeness (QED) is 0.827. The topological polar surface area (TPSA) is 50.2 Å². The molecule has 3 nitrogen and oxygen atoms in total. The first-order valence-electron chi connectivity index (χ1n) is 5.03. The van der Waals surface area contributed by atoms with Crippen LogP contribution < -0.4 is 0 Å². The van der Waals surface area contributed by atoms with Gasteiger partial charge in [-0.1, -0.05) is 20.8 Å². The number of carboxylic acids is 1. The minimum absolute atomic E-state index is 0.227. The minimum atomic E-state index is -0.737. The van der Waals surface area contributed by atoms with E-state index in [1.165, 1.54) is 0 Å². The van der Waals surface area contributed by atoms with Gasteiger partial charge < -0.3 is 5.11 Å². The number of carbonyl (C=O) groups is 1. The zero-order valence-electron chi connectivity index (χ0n) is 9.40. The van der Waals surface area contributed by atoms with E-state index in [4.69, 9.17) is 5.11 Å². The molecule has 0 saturated heterocycles. The van der Waals surface area contributed by atoms with Gasteiger partial charge in [0.25, 0.3) is 0 Å². The maximum atomic E-state index is 11.1. The fourth-order valence-electron chi connectivity index (χ4n) is 1.52. The van der Waals surface area contributed by atoms with E-state index < -0.39 is 5.97 Å². The molecule has 0 aliphatic carbocycles. The molecular formula is C12H17NO2. The van der Waals surface area contributed by atoms with E-state index in [9.17, 15) is 4.79 Å². The molecule has 15 heavy (non-hydrogen) atoms. The molecule has 0 fully saturated rings. The Morgan fingerprint density at radius 3 is 2.33 bits per heavy atom. The van der Waals surface area contributed by atoms with Crippen molar-refractivity contribution >= 4 is 5.97 Å². The number of carboxylic acid groups (broad SMARTS) is 1. The number of hydrogen-bond acceptors (Lipinski definition) is 2. The normalized spacial score (nSPS) is 13.5. The molecule has 1 N–H and O–H groups in total. The van der Waals surface area contributed by atoms with Gasteiger partial charge in [0.1, 0.15) is 0 Å². The Morgan fingerprint density at radius 2 is 1.93 bits per heavy atom. The molecule has 1 atom stereocenters. The molecule has 0 unspecified atom stereocenters. The van der Waals surface area contributed by atoms with Crippen LogP contribution in [0.4, 0.5) is 0 Å². The molecular weight excluding hydrogens is 190 g/mol. The van der Waals surface area contributed by atoms with E-state index in [1.807, 2.05) is 32.9 Å². The summed E-state index contributed by atoms with van der Waals surface area (Å²) >= 11 is 0. The van der Waals surface area contributed by atoms with Crippen molar-refractivity contribution in [1.82, 2.24) is 4.98 Å². The largest absolute Gasteiger partial charge is 0.481 e. The van der Waals surface area contributed by atoms with Gasteiger partial charge >= 0.3 is 5.97 Å². The summed E-state index contributed by atoms with van der Waals surface area (Å²) in [6.07, 6.45) is 3.94. The summed E-state index contributed by atoms with van der Waals surface area (Å²) in [4.78, 5) is 15.0. The van der Waals surface area contributed by atoms with Gasteiger partial charge in [0.05, 0.1) is 5.92 Å². The summed E-state index contributed by atoms with van der Waals surface area (Å²) in [5, 5.41) is 9.15. The van der Waals surface area contributed by atoms with Crippen molar-refractivity contribution in [3.8, 4) is 0 Å². The lowest BCUT2D eigenvalue weighted by Crippen LogP contribution is -2.30. The van der Waals surface area contributed by atoms with Gasteiger partial charge in [0, 0.05) is 12.4 Å². The number of pyridine rings is 1. The van der Waals surface area contributed by atoms with E-state index in [1.54, 1.807) is 12.4 Å². The van der Waals surface area contributed by atoms with Crippen molar-refractivity contribution in [3.63, 3.8) is 0 Å². The van der Waals surface area contributed by atoms with Crippen LogP contribution in [-0.4, -0.2) is 16.1 Å². The van der Waals surface area contributed by atoms with Crippen molar-refractivity contribution in [2.45, 2.75) is 27.2 Å². The first-order valence-corrected chi connectivity index (χ1v) is 5.03. The van der Waals surface area contributed by atoms with Crippen molar-refractivity contribution < 1.29 is 9.90 Å². The van der Waals surface area contributed by atoms with Gasteiger partial charge in [-0.2, -0.15) is 0 Å². The summed E-state index contributed by atoms with van der Waals surface area (Å²) in [5.74, 6) is -1.10. The average molecular weight is 207 g/mol. The molecule has 0 aliphatic rings. The summed E-state index contributed by atoms with van der Waals surface area (Å²) < 4.78 is 0. The number of aromatic nitrogens is 1. The van der Waals surface area contributed by atoms with Crippen LogP contribution >= 0.6 is 0 Å². The van der Waals surface area contributed by atoms with E-state index in [2.05, 4.69) is 4.98 Å². The predicted octanol–water partition coefficient (Wildman–Crippen LogP) is 2.37. The van der Waals surface area contributed by atoms with Crippen molar-refractivity contribution in [2.75, 3.05) is 0 Å². The van der Waals surface area contributed by atoms with Crippen LogP contribution in [0.3, 0.4) is 0 Å². The third-order valence-corrected chi connectivity index (χ3v) is 2.53. The molecule has 0 spiro atoms. The Labute approximate surface area is 90.2 Å². The molecule has 0 bridgehead atoms. The fourth-order valence-corrected chi connectivity index (χ4v) is 1.52. The molecule has 82 valence electrons. The Bertz CT molecular complexity index is 327. The van der Waals surface area contributed by atoms with E-state index in [-0.39, 0.29) is 11.3 Å². The smallest absolute Gasteiger partial charge is 0.307 e. The standard InChI is InChI=1S/C12H17NO2/c1-12(2,3)10(11(14)15)8-9-4-6-13-7-5-9/h4-7,10H,8H2,1-3H3,(H,14,15)/t10-/m0/s1. The van der Waals surface area contributed by atoms with Crippen LogP contribution in [-0.2, 0) is 11.2 Å². The van der Waals surface area contributed by atoms with Crippen LogP contribution in [0, 0.1) is 11.3 Å². The molecule has 3 heteroatoms. The molecule has 1 aromatic heterocycles. The van der Waals surface area contributed by atoms with Gasteiger partial charge in [-0.05, 0) is 29.5 Å². The Hall–Kier alpha value is -1.38. The van der Waals surface area contributed by atoms with E-state index in [0.29, 0.717) is 6.42 Å². The predicted molar refractivity (Wildman–Crippen MR) is 58.5 cm³/mol. The molecule has 0 aliphatic heterocycles. The summed E-state index contributed by atoms with van der Waals surface area (Å²) in [6.45, 7) is 5.85. The van der Waals surface area contributed by atoms with Gasteiger partial charge in [0.15, 0.2) is 0 Å². The number of aliphatic carboxylic acids is 1. The maximum Gasteiger partial charge on any atom is 0.307 e. The van der Waals surface area contributed by atoms with Gasteiger partial charge in [0.2, 0.25) is 0 Å². The van der Waals surface area contributed by atoms with E-state index in [0.717, 1.165) is 5.56 Å². The summed E-state index contributed by atoms with van der Waals surface area (Å²) in [6, 6.07) is 3.73. The lowest BCUT2D eigenvalue weighted by molar-refractivity contribution is -0.145. The highest BCUT2D eigenvalue weighted by Gasteiger charge is 2.30. The Morgan fingerprint density at radius 1 is 1.40 bits per heavy atom. The Kier molecular flexibility index (Phi) is 3.45. The van der Waals surface area contributed by atoms with Crippen LogP contribution in [0.25, 0.3) is 0 Å². The van der Waals surface area contributed by atoms with Gasteiger partial charge in [-0.3, -0.25) is 9.78 Å². The average Bonchev–Trinajstić information content (AvgIpc) is 2.13. The van der Waals surface area contributed by atoms with Crippen molar-refractivity contribution in [1.29, 1.82) is 0 Å². The van der Waals surface area contributed by atoms with Crippen molar-refractivity contribution in [3.05, 3.63) is 30.1 Å². The van der Waals surface area contributed by atoms with Gasteiger partial charge in [-0.15, -0.1) is 0 Å². The Balaban J connectivity index is 2.82. The molecule has 1 heterocycles. The SMILES string of the molecule is CC(C)(C)[C@@H](Cc1ccncc1)C(=O)O. The lowest BCUT2D eigenvalue weighted by Gasteiger charge is -2.27. The third kappa shape index (κ3) is 3.35. The first kappa shape index (κ1) is 11.7. The second-order valence-corrected chi connectivity index (χ2v) is 4.82. The van der Waals surface area contributed by atoms with E-state index >= 15 is 0 Å². The van der Waals surface area contributed by atoms with Crippen molar-refractivity contribution in [2.24, 2.45) is 11.3 Å².